The smallest absolute Gasteiger partial charge is 0.255 e. The normalized spacial score (nSPS) is 22.8. The topological polar surface area (TPSA) is 62.5 Å². The molecule has 26 heavy (non-hydrogen) atoms. The van der Waals surface area contributed by atoms with Gasteiger partial charge in [0.15, 0.2) is 0 Å². The number of carbonyl (C=O) groups is 1. The molecule has 5 heteroatoms. The van der Waals surface area contributed by atoms with E-state index in [4.69, 9.17) is 5.73 Å². The lowest BCUT2D eigenvalue weighted by atomic mass is 9.89. The molecule has 136 valence electrons. The van der Waals surface area contributed by atoms with Gasteiger partial charge in [0.05, 0.1) is 5.56 Å². The van der Waals surface area contributed by atoms with E-state index in [0.29, 0.717) is 30.5 Å². The van der Waals surface area contributed by atoms with Gasteiger partial charge in [0.25, 0.3) is 5.91 Å². The summed E-state index contributed by atoms with van der Waals surface area (Å²) in [7, 11) is 0. The average Bonchev–Trinajstić information content (AvgIpc) is 3.38. The fraction of sp³-hybridized carbons (Fsp3) is 0.429. The number of anilines is 1. The first-order chi connectivity index (χ1) is 12.8. The van der Waals surface area contributed by atoms with Crippen molar-refractivity contribution in [1.82, 2.24) is 9.88 Å². The van der Waals surface area contributed by atoms with Crippen LogP contribution in [0.2, 0.25) is 0 Å². The lowest BCUT2D eigenvalue weighted by Crippen LogP contribution is -2.30. The quantitative estimate of drug-likeness (QED) is 0.920. The summed E-state index contributed by atoms with van der Waals surface area (Å²) >= 11 is 0. The van der Waals surface area contributed by atoms with Gasteiger partial charge in [-0.1, -0.05) is 30.3 Å². The Hall–Kier alpha value is -2.40. The van der Waals surface area contributed by atoms with Crippen molar-refractivity contribution in [1.29, 1.82) is 0 Å². The minimum atomic E-state index is 0.0577. The van der Waals surface area contributed by atoms with E-state index in [-0.39, 0.29) is 5.91 Å². The monoisotopic (exact) mass is 350 g/mol. The van der Waals surface area contributed by atoms with E-state index in [1.807, 2.05) is 35.2 Å². The van der Waals surface area contributed by atoms with E-state index in [2.05, 4.69) is 22.0 Å². The molecule has 1 aromatic heterocycles. The van der Waals surface area contributed by atoms with Crippen LogP contribution in [-0.2, 0) is 0 Å². The number of hydrogen-bond donors (Lipinski definition) is 1. The molecule has 3 heterocycles. The highest BCUT2D eigenvalue weighted by Gasteiger charge is 2.35. The predicted molar refractivity (Wildman–Crippen MR) is 103 cm³/mol. The van der Waals surface area contributed by atoms with Gasteiger partial charge in [-0.25, -0.2) is 4.98 Å². The summed E-state index contributed by atoms with van der Waals surface area (Å²) in [6.07, 6.45) is 4.16. The molecule has 4 rings (SSSR count). The van der Waals surface area contributed by atoms with Crippen molar-refractivity contribution in [2.75, 3.05) is 37.6 Å². The van der Waals surface area contributed by atoms with E-state index >= 15 is 0 Å². The fourth-order valence-corrected chi connectivity index (χ4v) is 4.18. The van der Waals surface area contributed by atoms with E-state index in [1.54, 1.807) is 6.20 Å². The first-order valence-electron chi connectivity index (χ1n) is 9.51. The van der Waals surface area contributed by atoms with Crippen LogP contribution in [0.5, 0.6) is 0 Å². The first kappa shape index (κ1) is 17.0. The minimum absolute atomic E-state index is 0.0577. The molecule has 0 spiro atoms. The summed E-state index contributed by atoms with van der Waals surface area (Å²) in [5.41, 5.74) is 7.93. The van der Waals surface area contributed by atoms with E-state index in [1.165, 1.54) is 18.4 Å². The van der Waals surface area contributed by atoms with Crippen molar-refractivity contribution in [3.05, 3.63) is 59.8 Å². The lowest BCUT2D eigenvalue weighted by Gasteiger charge is -2.18. The first-order valence-corrected chi connectivity index (χ1v) is 9.51. The molecule has 2 aliphatic heterocycles. The predicted octanol–water partition coefficient (Wildman–Crippen LogP) is 2.50. The number of nitrogens with two attached hydrogens (primary N) is 1. The largest absolute Gasteiger partial charge is 0.357 e. The summed E-state index contributed by atoms with van der Waals surface area (Å²) < 4.78 is 0. The van der Waals surface area contributed by atoms with Crippen molar-refractivity contribution in [2.45, 2.75) is 18.8 Å². The molecule has 0 aliphatic carbocycles. The molecule has 0 saturated carbocycles. The third-order valence-corrected chi connectivity index (χ3v) is 5.68. The molecule has 2 aromatic rings. The molecular formula is C21H26N4O. The van der Waals surface area contributed by atoms with Gasteiger partial charge in [-0.2, -0.15) is 0 Å². The molecule has 2 N–H and O–H groups in total. The molecule has 2 fully saturated rings. The average molecular weight is 350 g/mol. The molecule has 2 atom stereocenters. The number of amides is 1. The zero-order valence-electron chi connectivity index (χ0n) is 15.1. The van der Waals surface area contributed by atoms with Gasteiger partial charge >= 0.3 is 0 Å². The van der Waals surface area contributed by atoms with E-state index < -0.39 is 0 Å². The Kier molecular flexibility index (Phi) is 4.89. The number of aromatic nitrogens is 1. The Bertz CT molecular complexity index is 740. The van der Waals surface area contributed by atoms with Gasteiger partial charge in [-0.05, 0) is 43.0 Å². The summed E-state index contributed by atoms with van der Waals surface area (Å²) in [6.45, 7) is 4.14. The second-order valence-electron chi connectivity index (χ2n) is 7.32. The SMILES string of the molecule is NC[C@@H]1CN(C(=O)c2ccc(N3CCCC3)nc2)C[C@H]1c1ccccc1. The Labute approximate surface area is 154 Å². The van der Waals surface area contributed by atoms with Crippen molar-refractivity contribution < 1.29 is 4.79 Å². The van der Waals surface area contributed by atoms with Crippen LogP contribution in [-0.4, -0.2) is 48.5 Å². The van der Waals surface area contributed by atoms with Gasteiger partial charge in [-0.15, -0.1) is 0 Å². The van der Waals surface area contributed by atoms with Crippen molar-refractivity contribution in [2.24, 2.45) is 11.7 Å². The van der Waals surface area contributed by atoms with Crippen LogP contribution in [0.3, 0.4) is 0 Å². The van der Waals surface area contributed by atoms with Gasteiger partial charge in [0, 0.05) is 38.3 Å². The number of hydrogen-bond acceptors (Lipinski definition) is 4. The number of benzene rings is 1. The Morgan fingerprint density at radius 1 is 1.08 bits per heavy atom. The molecule has 5 nitrogen and oxygen atoms in total. The summed E-state index contributed by atoms with van der Waals surface area (Å²) in [6, 6.07) is 14.3. The molecule has 2 aliphatic rings. The highest BCUT2D eigenvalue weighted by atomic mass is 16.2. The Morgan fingerprint density at radius 2 is 1.85 bits per heavy atom. The minimum Gasteiger partial charge on any atom is -0.357 e. The molecule has 0 radical (unpaired) electrons. The Balaban J connectivity index is 1.48. The maximum absolute atomic E-state index is 12.9. The highest BCUT2D eigenvalue weighted by molar-refractivity contribution is 5.94. The van der Waals surface area contributed by atoms with Crippen LogP contribution in [0.1, 0.15) is 34.7 Å². The van der Waals surface area contributed by atoms with Gasteiger partial charge in [-0.3, -0.25) is 4.79 Å². The number of rotatable bonds is 4. The van der Waals surface area contributed by atoms with Crippen LogP contribution < -0.4 is 10.6 Å². The van der Waals surface area contributed by atoms with Crippen LogP contribution in [0.15, 0.2) is 48.7 Å². The molecule has 1 aromatic carbocycles. The third-order valence-electron chi connectivity index (χ3n) is 5.68. The molecule has 1 amide bonds. The zero-order valence-corrected chi connectivity index (χ0v) is 15.1. The highest BCUT2D eigenvalue weighted by Crippen LogP contribution is 2.32. The summed E-state index contributed by atoms with van der Waals surface area (Å²) in [5, 5.41) is 0. The van der Waals surface area contributed by atoms with Crippen LogP contribution in [0.25, 0.3) is 0 Å². The molecule has 0 bridgehead atoms. The van der Waals surface area contributed by atoms with Crippen molar-refractivity contribution >= 4 is 11.7 Å². The van der Waals surface area contributed by atoms with Gasteiger partial charge in [0.1, 0.15) is 5.82 Å². The van der Waals surface area contributed by atoms with Crippen molar-refractivity contribution in [3.8, 4) is 0 Å². The van der Waals surface area contributed by atoms with Crippen molar-refractivity contribution in [3.63, 3.8) is 0 Å². The molecular weight excluding hydrogens is 324 g/mol. The van der Waals surface area contributed by atoms with Crippen LogP contribution in [0, 0.1) is 5.92 Å². The third kappa shape index (κ3) is 3.31. The standard InChI is InChI=1S/C21H26N4O/c22-12-18-14-25(15-19(18)16-6-2-1-3-7-16)21(26)17-8-9-20(23-13-17)24-10-4-5-11-24/h1-3,6-9,13,18-19H,4-5,10-12,14-15,22H2/t18-,19+/m1/s1. The zero-order chi connectivity index (χ0) is 17.9. The maximum atomic E-state index is 12.9. The Morgan fingerprint density at radius 3 is 2.50 bits per heavy atom. The second kappa shape index (κ2) is 7.46. The van der Waals surface area contributed by atoms with E-state index in [0.717, 1.165) is 25.5 Å². The number of pyridine rings is 1. The lowest BCUT2D eigenvalue weighted by molar-refractivity contribution is 0.0786. The molecule has 2 saturated heterocycles. The van der Waals surface area contributed by atoms with Crippen LogP contribution in [0.4, 0.5) is 5.82 Å². The number of carbonyl (C=O) groups excluding carboxylic acids is 1. The molecule has 0 unspecified atom stereocenters. The number of likely N-dealkylation sites (tertiary alicyclic amines) is 1. The maximum Gasteiger partial charge on any atom is 0.255 e. The summed E-state index contributed by atoms with van der Waals surface area (Å²) in [4.78, 5) is 21.7. The second-order valence-corrected chi connectivity index (χ2v) is 7.32. The van der Waals surface area contributed by atoms with Gasteiger partial charge < -0.3 is 15.5 Å². The van der Waals surface area contributed by atoms with Gasteiger partial charge in [0.2, 0.25) is 0 Å². The van der Waals surface area contributed by atoms with E-state index in [9.17, 15) is 4.79 Å². The summed E-state index contributed by atoms with van der Waals surface area (Å²) in [5.74, 6) is 1.64. The number of nitrogens with zero attached hydrogens (tertiary/aromatic N) is 3. The van der Waals surface area contributed by atoms with Crippen LogP contribution >= 0.6 is 0 Å². The fourth-order valence-electron chi connectivity index (χ4n) is 4.18.